The van der Waals surface area contributed by atoms with E-state index in [1.54, 1.807) is 6.92 Å². The molecule has 1 heterocycles. The monoisotopic (exact) mass is 289 g/mol. The normalized spacial score (nSPS) is 24.0. The predicted octanol–water partition coefficient (Wildman–Crippen LogP) is 2.56. The van der Waals surface area contributed by atoms with Crippen molar-refractivity contribution in [3.8, 4) is 0 Å². The van der Waals surface area contributed by atoms with E-state index in [2.05, 4.69) is 48.0 Å². The largest absolute Gasteiger partial charge is 0.326 e. The number of anilines is 1. The molecule has 1 amide bonds. The molecule has 1 aromatic carbocycles. The third kappa shape index (κ3) is 4.29. The first kappa shape index (κ1) is 16.0. The van der Waals surface area contributed by atoms with Crippen LogP contribution in [0.5, 0.6) is 0 Å². The van der Waals surface area contributed by atoms with Gasteiger partial charge in [-0.3, -0.25) is 9.69 Å². The number of benzene rings is 1. The van der Waals surface area contributed by atoms with Crippen LogP contribution in [0.1, 0.15) is 33.3 Å². The molecule has 4 nitrogen and oxygen atoms in total. The molecule has 0 radical (unpaired) electrons. The fourth-order valence-electron chi connectivity index (χ4n) is 3.20. The zero-order valence-corrected chi connectivity index (χ0v) is 13.6. The Bertz CT molecular complexity index is 477. The van der Waals surface area contributed by atoms with E-state index in [0.717, 1.165) is 31.9 Å². The summed E-state index contributed by atoms with van der Waals surface area (Å²) < 4.78 is 0. The lowest BCUT2D eigenvalue weighted by Gasteiger charge is -2.44. The highest BCUT2D eigenvalue weighted by atomic mass is 16.1. The molecule has 2 atom stereocenters. The summed E-state index contributed by atoms with van der Waals surface area (Å²) in [5.41, 5.74) is 2.14. The minimum atomic E-state index is -0.0227. The first-order chi connectivity index (χ1) is 9.99. The first-order valence-electron chi connectivity index (χ1n) is 7.84. The number of hydrogen-bond donors (Lipinski definition) is 1. The van der Waals surface area contributed by atoms with Gasteiger partial charge < -0.3 is 10.2 Å². The molecule has 1 saturated heterocycles. The van der Waals surface area contributed by atoms with Crippen LogP contribution in [0.4, 0.5) is 5.69 Å². The van der Waals surface area contributed by atoms with E-state index in [4.69, 9.17) is 0 Å². The van der Waals surface area contributed by atoms with Crippen molar-refractivity contribution >= 4 is 11.6 Å². The predicted molar refractivity (Wildman–Crippen MR) is 87.3 cm³/mol. The van der Waals surface area contributed by atoms with Crippen molar-refractivity contribution < 1.29 is 4.79 Å². The highest BCUT2D eigenvalue weighted by molar-refractivity contribution is 5.88. The number of piperazine rings is 1. The first-order valence-corrected chi connectivity index (χ1v) is 7.84. The van der Waals surface area contributed by atoms with Crippen LogP contribution in [-0.4, -0.2) is 47.4 Å². The summed E-state index contributed by atoms with van der Waals surface area (Å²) >= 11 is 0. The number of carbonyl (C=O) groups excluding carboxylic acids is 1. The third-order valence-electron chi connectivity index (χ3n) is 4.24. The number of hydrogen-bond acceptors (Lipinski definition) is 3. The van der Waals surface area contributed by atoms with Crippen molar-refractivity contribution in [1.82, 2.24) is 9.80 Å². The van der Waals surface area contributed by atoms with Crippen LogP contribution in [0.3, 0.4) is 0 Å². The topological polar surface area (TPSA) is 35.6 Å². The van der Waals surface area contributed by atoms with Gasteiger partial charge in [0, 0.05) is 44.3 Å². The Hall–Kier alpha value is -1.39. The van der Waals surface area contributed by atoms with Gasteiger partial charge in [0.2, 0.25) is 5.91 Å². The fourth-order valence-corrected chi connectivity index (χ4v) is 3.20. The van der Waals surface area contributed by atoms with Gasteiger partial charge in [0.25, 0.3) is 0 Å². The van der Waals surface area contributed by atoms with Crippen LogP contribution in [0.25, 0.3) is 0 Å². The molecule has 0 spiro atoms. The van der Waals surface area contributed by atoms with Crippen molar-refractivity contribution in [3.63, 3.8) is 0 Å². The Morgan fingerprint density at radius 3 is 2.52 bits per heavy atom. The molecule has 1 aliphatic rings. The Morgan fingerprint density at radius 2 is 1.95 bits per heavy atom. The van der Waals surface area contributed by atoms with Crippen molar-refractivity contribution in [2.45, 2.75) is 46.3 Å². The molecule has 1 fully saturated rings. The van der Waals surface area contributed by atoms with Crippen molar-refractivity contribution in [1.29, 1.82) is 0 Å². The van der Waals surface area contributed by atoms with Gasteiger partial charge in [-0.25, -0.2) is 0 Å². The molecule has 4 heteroatoms. The number of rotatable bonds is 4. The third-order valence-corrected chi connectivity index (χ3v) is 4.24. The number of nitrogens with zero attached hydrogens (tertiary/aromatic N) is 2. The maximum Gasteiger partial charge on any atom is 0.221 e. The van der Waals surface area contributed by atoms with E-state index >= 15 is 0 Å². The SMILES string of the molecule is CCN1C[C@@H](C)N(Cc2cccc(NC(C)=O)c2)[C@H](C)C1. The number of carbonyl (C=O) groups is 1. The van der Waals surface area contributed by atoms with Gasteiger partial charge in [-0.05, 0) is 38.1 Å². The minimum absolute atomic E-state index is 0.0227. The average Bonchev–Trinajstić information content (AvgIpc) is 2.42. The van der Waals surface area contributed by atoms with E-state index in [-0.39, 0.29) is 5.91 Å². The molecule has 0 aliphatic carbocycles. The summed E-state index contributed by atoms with van der Waals surface area (Å²) in [6.07, 6.45) is 0. The standard InChI is InChI=1S/C17H27N3O/c1-5-19-10-13(2)20(14(3)11-19)12-16-7-6-8-17(9-16)18-15(4)21/h6-9,13-14H,5,10-12H2,1-4H3,(H,18,21)/t13-,14-/m1/s1. The summed E-state index contributed by atoms with van der Waals surface area (Å²) in [5, 5.41) is 2.86. The molecule has 2 rings (SSSR count). The van der Waals surface area contributed by atoms with E-state index < -0.39 is 0 Å². The molecule has 1 aromatic rings. The highest BCUT2D eigenvalue weighted by Crippen LogP contribution is 2.20. The van der Waals surface area contributed by atoms with Gasteiger partial charge in [-0.15, -0.1) is 0 Å². The van der Waals surface area contributed by atoms with Gasteiger partial charge in [-0.2, -0.15) is 0 Å². The van der Waals surface area contributed by atoms with Crippen LogP contribution in [0, 0.1) is 0 Å². The van der Waals surface area contributed by atoms with Crippen molar-refractivity contribution in [2.24, 2.45) is 0 Å². The molecule has 0 unspecified atom stereocenters. The Morgan fingerprint density at radius 1 is 1.29 bits per heavy atom. The second-order valence-corrected chi connectivity index (χ2v) is 6.10. The Kier molecular flexibility index (Phi) is 5.37. The van der Waals surface area contributed by atoms with Gasteiger partial charge in [0.1, 0.15) is 0 Å². The second-order valence-electron chi connectivity index (χ2n) is 6.10. The minimum Gasteiger partial charge on any atom is -0.326 e. The molecule has 1 N–H and O–H groups in total. The van der Waals surface area contributed by atoms with E-state index in [0.29, 0.717) is 12.1 Å². The van der Waals surface area contributed by atoms with Crippen LogP contribution in [-0.2, 0) is 11.3 Å². The number of likely N-dealkylation sites (N-methyl/N-ethyl adjacent to an activating group) is 1. The lowest BCUT2D eigenvalue weighted by Crippen LogP contribution is -2.55. The molecular weight excluding hydrogens is 262 g/mol. The lowest BCUT2D eigenvalue weighted by molar-refractivity contribution is -0.114. The molecular formula is C17H27N3O. The molecule has 21 heavy (non-hydrogen) atoms. The molecule has 0 bridgehead atoms. The van der Waals surface area contributed by atoms with Crippen molar-refractivity contribution in [3.05, 3.63) is 29.8 Å². The average molecular weight is 289 g/mol. The van der Waals surface area contributed by atoms with Gasteiger partial charge in [0.05, 0.1) is 0 Å². The molecule has 0 aromatic heterocycles. The summed E-state index contributed by atoms with van der Waals surface area (Å²) in [6, 6.07) is 9.27. The van der Waals surface area contributed by atoms with Crippen LogP contribution in [0.2, 0.25) is 0 Å². The van der Waals surface area contributed by atoms with E-state index in [9.17, 15) is 4.79 Å². The number of nitrogens with one attached hydrogen (secondary N) is 1. The van der Waals surface area contributed by atoms with E-state index in [1.165, 1.54) is 5.56 Å². The van der Waals surface area contributed by atoms with Gasteiger partial charge in [-0.1, -0.05) is 19.1 Å². The summed E-state index contributed by atoms with van der Waals surface area (Å²) in [6.45, 7) is 12.7. The molecule has 0 saturated carbocycles. The number of amides is 1. The molecule has 116 valence electrons. The maximum absolute atomic E-state index is 11.2. The summed E-state index contributed by atoms with van der Waals surface area (Å²) in [7, 11) is 0. The zero-order valence-electron chi connectivity index (χ0n) is 13.6. The van der Waals surface area contributed by atoms with E-state index in [1.807, 2.05) is 12.1 Å². The highest BCUT2D eigenvalue weighted by Gasteiger charge is 2.28. The van der Waals surface area contributed by atoms with Gasteiger partial charge in [0.15, 0.2) is 0 Å². The van der Waals surface area contributed by atoms with Crippen LogP contribution < -0.4 is 5.32 Å². The maximum atomic E-state index is 11.2. The smallest absolute Gasteiger partial charge is 0.221 e. The Balaban J connectivity index is 2.05. The zero-order chi connectivity index (χ0) is 15.4. The van der Waals surface area contributed by atoms with Crippen LogP contribution in [0.15, 0.2) is 24.3 Å². The quantitative estimate of drug-likeness (QED) is 0.925. The second kappa shape index (κ2) is 7.05. The van der Waals surface area contributed by atoms with Crippen LogP contribution >= 0.6 is 0 Å². The fraction of sp³-hybridized carbons (Fsp3) is 0.588. The Labute approximate surface area is 128 Å². The van der Waals surface area contributed by atoms with Crippen molar-refractivity contribution in [2.75, 3.05) is 25.0 Å². The van der Waals surface area contributed by atoms with Gasteiger partial charge >= 0.3 is 0 Å². The summed E-state index contributed by atoms with van der Waals surface area (Å²) in [4.78, 5) is 16.2. The lowest BCUT2D eigenvalue weighted by atomic mass is 10.1. The summed E-state index contributed by atoms with van der Waals surface area (Å²) in [5.74, 6) is -0.0227. The molecule has 1 aliphatic heterocycles.